The van der Waals surface area contributed by atoms with Gasteiger partial charge >= 0.3 is 0 Å². The predicted molar refractivity (Wildman–Crippen MR) is 106 cm³/mol. The number of carbonyl (C=O) groups excluding carboxylic acids is 1. The van der Waals surface area contributed by atoms with E-state index in [1.54, 1.807) is 24.3 Å². The van der Waals surface area contributed by atoms with E-state index in [9.17, 15) is 13.2 Å². The van der Waals surface area contributed by atoms with Gasteiger partial charge in [0.25, 0.3) is 0 Å². The van der Waals surface area contributed by atoms with Crippen LogP contribution in [0, 0.1) is 0 Å². The molecule has 4 rings (SSSR count). The van der Waals surface area contributed by atoms with E-state index in [1.165, 1.54) is 0 Å². The first kappa shape index (κ1) is 18.1. The number of aromatic nitrogens is 1. The first-order chi connectivity index (χ1) is 13.0. The molecule has 1 aliphatic heterocycles. The van der Waals surface area contributed by atoms with Crippen LogP contribution in [0.3, 0.4) is 0 Å². The molecule has 2 N–H and O–H groups in total. The number of sulfone groups is 1. The molecule has 0 saturated carbocycles. The topological polar surface area (TPSA) is 79.0 Å². The summed E-state index contributed by atoms with van der Waals surface area (Å²) in [4.78, 5) is 16.2. The maximum absolute atomic E-state index is 12.7. The van der Waals surface area contributed by atoms with E-state index in [1.807, 2.05) is 24.4 Å². The first-order valence-corrected chi connectivity index (χ1v) is 10.8. The molecule has 1 aliphatic rings. The van der Waals surface area contributed by atoms with E-state index in [0.29, 0.717) is 30.0 Å². The van der Waals surface area contributed by atoms with Crippen LogP contribution < -0.4 is 5.32 Å². The number of nitrogens with one attached hydrogen (secondary N) is 2. The lowest BCUT2D eigenvalue weighted by atomic mass is 9.95. The van der Waals surface area contributed by atoms with Gasteiger partial charge in [-0.3, -0.25) is 4.79 Å². The largest absolute Gasteiger partial charge is 0.361 e. The Balaban J connectivity index is 1.46. The van der Waals surface area contributed by atoms with Crippen molar-refractivity contribution in [1.82, 2.24) is 10.3 Å². The quantitative estimate of drug-likeness (QED) is 0.701. The fourth-order valence-electron chi connectivity index (χ4n) is 3.66. The van der Waals surface area contributed by atoms with Crippen LogP contribution in [-0.2, 0) is 21.1 Å². The highest BCUT2D eigenvalue weighted by Gasteiger charge is 2.33. The lowest BCUT2D eigenvalue weighted by molar-refractivity contribution is -0.122. The van der Waals surface area contributed by atoms with Crippen LogP contribution in [0.5, 0.6) is 0 Å². The Morgan fingerprint density at radius 1 is 1.22 bits per heavy atom. The van der Waals surface area contributed by atoms with Gasteiger partial charge in [-0.1, -0.05) is 29.8 Å². The van der Waals surface area contributed by atoms with Crippen molar-refractivity contribution in [3.63, 3.8) is 0 Å². The first-order valence-electron chi connectivity index (χ1n) is 8.80. The lowest BCUT2D eigenvalue weighted by Gasteiger charge is -2.24. The average molecular weight is 403 g/mol. The van der Waals surface area contributed by atoms with Crippen LogP contribution >= 0.6 is 11.6 Å². The highest BCUT2D eigenvalue weighted by atomic mass is 35.5. The number of halogens is 1. The molecule has 1 atom stereocenters. The zero-order chi connectivity index (χ0) is 19.0. The summed E-state index contributed by atoms with van der Waals surface area (Å²) in [6, 6.07) is 12.5. The highest BCUT2D eigenvalue weighted by Crippen LogP contribution is 2.33. The maximum atomic E-state index is 12.7. The zero-order valence-corrected chi connectivity index (χ0v) is 16.1. The zero-order valence-electron chi connectivity index (χ0n) is 14.5. The molecule has 27 heavy (non-hydrogen) atoms. The van der Waals surface area contributed by atoms with Gasteiger partial charge in [0.05, 0.1) is 16.6 Å². The van der Waals surface area contributed by atoms with Crippen molar-refractivity contribution in [2.24, 2.45) is 0 Å². The fraction of sp³-hybridized carbons (Fsp3) is 0.250. The molecule has 7 heteroatoms. The summed E-state index contributed by atoms with van der Waals surface area (Å²) in [6.07, 6.45) is 2.91. The summed E-state index contributed by atoms with van der Waals surface area (Å²) in [5.74, 6) is -0.555. The normalized spacial score (nSPS) is 18.2. The van der Waals surface area contributed by atoms with E-state index in [4.69, 9.17) is 11.6 Å². The smallest absolute Gasteiger partial charge is 0.227 e. The minimum atomic E-state index is -3.29. The van der Waals surface area contributed by atoms with Crippen molar-refractivity contribution in [3.8, 4) is 0 Å². The predicted octanol–water partition coefficient (Wildman–Crippen LogP) is 3.44. The van der Waals surface area contributed by atoms with Gasteiger partial charge in [0, 0.05) is 28.7 Å². The number of carbonyl (C=O) groups is 1. The second-order valence-corrected chi connectivity index (χ2v) is 9.26. The van der Waals surface area contributed by atoms with Crippen molar-refractivity contribution >= 4 is 38.2 Å². The van der Waals surface area contributed by atoms with Gasteiger partial charge in [-0.15, -0.1) is 0 Å². The van der Waals surface area contributed by atoms with E-state index >= 15 is 0 Å². The summed E-state index contributed by atoms with van der Waals surface area (Å²) >= 11 is 6.07. The van der Waals surface area contributed by atoms with Crippen LogP contribution in [0.25, 0.3) is 10.9 Å². The number of aromatic amines is 1. The number of hydrogen-bond donors (Lipinski definition) is 2. The molecule has 0 saturated heterocycles. The minimum absolute atomic E-state index is 0.00302. The SMILES string of the molecule is O=C(NCCc1c[nH]c2ccc(Cl)cc12)C1CCS(=O)(=O)c2ccccc21. The van der Waals surface area contributed by atoms with Gasteiger partial charge < -0.3 is 10.3 Å². The van der Waals surface area contributed by atoms with Crippen molar-refractivity contribution < 1.29 is 13.2 Å². The van der Waals surface area contributed by atoms with Crippen LogP contribution in [0.15, 0.2) is 53.6 Å². The van der Waals surface area contributed by atoms with Gasteiger partial charge in [0.15, 0.2) is 9.84 Å². The summed E-state index contributed by atoms with van der Waals surface area (Å²) in [5, 5.41) is 4.68. The molecule has 1 aromatic heterocycles. The van der Waals surface area contributed by atoms with Gasteiger partial charge in [0.1, 0.15) is 0 Å². The maximum Gasteiger partial charge on any atom is 0.227 e. The van der Waals surface area contributed by atoms with Gasteiger partial charge in [-0.25, -0.2) is 8.42 Å². The van der Waals surface area contributed by atoms with Crippen LogP contribution in [-0.4, -0.2) is 31.6 Å². The van der Waals surface area contributed by atoms with Gasteiger partial charge in [-0.2, -0.15) is 0 Å². The summed E-state index contributed by atoms with van der Waals surface area (Å²) in [6.45, 7) is 0.476. The molecule has 0 aliphatic carbocycles. The molecular weight excluding hydrogens is 384 g/mol. The third-order valence-electron chi connectivity index (χ3n) is 5.04. The Morgan fingerprint density at radius 2 is 2.04 bits per heavy atom. The number of hydrogen-bond acceptors (Lipinski definition) is 3. The standard InChI is InChI=1S/C20H19ClN2O3S/c21-14-5-6-18-17(11-14)13(12-23-18)7-9-22-20(24)16-8-10-27(25,26)19-4-2-1-3-15(16)19/h1-6,11-12,16,23H,7-10H2,(H,22,24). The van der Waals surface area contributed by atoms with E-state index < -0.39 is 15.8 Å². The van der Waals surface area contributed by atoms with Crippen molar-refractivity contribution in [1.29, 1.82) is 0 Å². The third-order valence-corrected chi connectivity index (χ3v) is 7.09. The number of amides is 1. The average Bonchev–Trinajstić information content (AvgIpc) is 3.04. The minimum Gasteiger partial charge on any atom is -0.361 e. The van der Waals surface area contributed by atoms with E-state index in [0.717, 1.165) is 16.5 Å². The Hall–Kier alpha value is -2.31. The summed E-state index contributed by atoms with van der Waals surface area (Å²) in [5.41, 5.74) is 2.69. The number of rotatable bonds is 4. The molecule has 2 aromatic carbocycles. The van der Waals surface area contributed by atoms with Crippen LogP contribution in [0.1, 0.15) is 23.5 Å². The Labute approximate surface area is 162 Å². The Kier molecular flexibility index (Phi) is 4.70. The second-order valence-electron chi connectivity index (χ2n) is 6.74. The molecule has 1 unspecified atom stereocenters. The van der Waals surface area contributed by atoms with E-state index in [2.05, 4.69) is 10.3 Å². The second kappa shape index (κ2) is 7.02. The number of fused-ring (bicyclic) bond motifs is 2. The summed E-state index contributed by atoms with van der Waals surface area (Å²) in [7, 11) is -3.29. The molecule has 2 heterocycles. The number of H-pyrrole nitrogens is 1. The van der Waals surface area contributed by atoms with Gasteiger partial charge in [-0.05, 0) is 48.2 Å². The van der Waals surface area contributed by atoms with Crippen molar-refractivity contribution in [2.45, 2.75) is 23.7 Å². The fourth-order valence-corrected chi connectivity index (χ4v) is 5.46. The summed E-state index contributed by atoms with van der Waals surface area (Å²) < 4.78 is 24.4. The van der Waals surface area contributed by atoms with E-state index in [-0.39, 0.29) is 16.6 Å². The Bertz CT molecular complexity index is 1120. The van der Waals surface area contributed by atoms with Crippen molar-refractivity contribution in [3.05, 3.63) is 64.8 Å². The molecular formula is C20H19ClN2O3S. The van der Waals surface area contributed by atoms with Crippen molar-refractivity contribution in [2.75, 3.05) is 12.3 Å². The molecule has 0 fully saturated rings. The monoisotopic (exact) mass is 402 g/mol. The molecule has 1 amide bonds. The van der Waals surface area contributed by atoms with Crippen LogP contribution in [0.2, 0.25) is 5.02 Å². The molecule has 0 bridgehead atoms. The molecule has 0 radical (unpaired) electrons. The number of benzene rings is 2. The molecule has 140 valence electrons. The molecule has 0 spiro atoms. The van der Waals surface area contributed by atoms with Gasteiger partial charge in [0.2, 0.25) is 5.91 Å². The molecule has 5 nitrogen and oxygen atoms in total. The molecule has 3 aromatic rings. The highest BCUT2D eigenvalue weighted by molar-refractivity contribution is 7.91. The third kappa shape index (κ3) is 3.47. The van der Waals surface area contributed by atoms with Crippen LogP contribution in [0.4, 0.5) is 0 Å². The Morgan fingerprint density at radius 3 is 2.89 bits per heavy atom. The lowest BCUT2D eigenvalue weighted by Crippen LogP contribution is -2.34.